The number of rotatable bonds is 4. The molecule has 10 heteroatoms. The molecule has 3 aromatic rings. The van der Waals surface area contributed by atoms with Crippen molar-refractivity contribution in [3.05, 3.63) is 47.5 Å². The van der Waals surface area contributed by atoms with Crippen molar-refractivity contribution < 1.29 is 18.0 Å². The van der Waals surface area contributed by atoms with Gasteiger partial charge in [0.2, 0.25) is 0 Å². The van der Waals surface area contributed by atoms with E-state index in [1.165, 1.54) is 4.40 Å². The molecule has 1 aliphatic carbocycles. The Morgan fingerprint density at radius 3 is 2.38 bits per heavy atom. The molecule has 0 aliphatic heterocycles. The second-order valence-electron chi connectivity index (χ2n) is 7.70. The highest BCUT2D eigenvalue weighted by molar-refractivity contribution is 5.95. The zero-order valence-electron chi connectivity index (χ0n) is 16.7. The summed E-state index contributed by atoms with van der Waals surface area (Å²) in [6.45, 7) is 1.85. The van der Waals surface area contributed by atoms with Crippen LogP contribution >= 0.6 is 0 Å². The molecule has 3 heterocycles. The van der Waals surface area contributed by atoms with Crippen LogP contribution in [0.4, 0.5) is 19.0 Å². The number of aromatic nitrogens is 4. The van der Waals surface area contributed by atoms with Crippen LogP contribution in [-0.2, 0) is 13.2 Å². The van der Waals surface area contributed by atoms with Gasteiger partial charge in [-0.05, 0) is 44.7 Å². The minimum absolute atomic E-state index is 0. The lowest BCUT2D eigenvalue weighted by Gasteiger charge is -2.30. The number of pyridine rings is 1. The van der Waals surface area contributed by atoms with Gasteiger partial charge in [-0.15, -0.1) is 0 Å². The van der Waals surface area contributed by atoms with Gasteiger partial charge in [0, 0.05) is 31.0 Å². The van der Waals surface area contributed by atoms with Crippen LogP contribution in [-0.4, -0.2) is 37.2 Å². The quantitative estimate of drug-likeness (QED) is 0.595. The van der Waals surface area contributed by atoms with Crippen LogP contribution in [0.2, 0.25) is 0 Å². The number of carbonyl (C=O) groups excluding carboxylic acids is 1. The van der Waals surface area contributed by atoms with E-state index in [1.54, 1.807) is 36.1 Å². The van der Waals surface area contributed by atoms with E-state index in [4.69, 9.17) is 0 Å². The monoisotopic (exact) mass is 452 g/mol. The Bertz CT molecular complexity index is 1060. The molecule has 1 amide bonds. The SMILES string of the molecule is C.C.Cc1c(C(=O)NC2CCC(Nc3cccc4nc(C(F)(F)F)cn34)CC2)cnn1C. The van der Waals surface area contributed by atoms with Crippen LogP contribution in [0.15, 0.2) is 30.6 Å². The molecular weight excluding hydrogens is 421 g/mol. The zero-order chi connectivity index (χ0) is 21.5. The molecule has 0 bridgehead atoms. The molecule has 0 aromatic carbocycles. The van der Waals surface area contributed by atoms with Crippen LogP contribution in [0.3, 0.4) is 0 Å². The van der Waals surface area contributed by atoms with E-state index >= 15 is 0 Å². The number of alkyl halides is 3. The average molecular weight is 453 g/mol. The van der Waals surface area contributed by atoms with E-state index in [-0.39, 0.29) is 38.5 Å². The Hall–Kier alpha value is -3.04. The summed E-state index contributed by atoms with van der Waals surface area (Å²) >= 11 is 0. The van der Waals surface area contributed by atoms with Crippen molar-refractivity contribution >= 4 is 17.4 Å². The fourth-order valence-corrected chi connectivity index (χ4v) is 3.84. The third kappa shape index (κ3) is 5.05. The highest BCUT2D eigenvalue weighted by Gasteiger charge is 2.34. The molecule has 176 valence electrons. The lowest BCUT2D eigenvalue weighted by Crippen LogP contribution is -2.40. The molecule has 0 saturated heterocycles. The molecule has 4 rings (SSSR count). The summed E-state index contributed by atoms with van der Waals surface area (Å²) in [6.07, 6.45) is 1.28. The molecule has 3 aromatic heterocycles. The van der Waals surface area contributed by atoms with Gasteiger partial charge in [0.1, 0.15) is 11.5 Å². The van der Waals surface area contributed by atoms with Gasteiger partial charge in [-0.25, -0.2) is 4.98 Å². The molecule has 0 atom stereocenters. The first kappa shape index (κ1) is 25.2. The minimum atomic E-state index is -4.48. The van der Waals surface area contributed by atoms with Crippen LogP contribution in [0.25, 0.3) is 5.65 Å². The fourth-order valence-electron chi connectivity index (χ4n) is 3.84. The van der Waals surface area contributed by atoms with Gasteiger partial charge in [0.05, 0.1) is 11.8 Å². The van der Waals surface area contributed by atoms with Gasteiger partial charge >= 0.3 is 6.18 Å². The lowest BCUT2D eigenvalue weighted by atomic mass is 9.91. The Morgan fingerprint density at radius 2 is 1.78 bits per heavy atom. The van der Waals surface area contributed by atoms with E-state index in [1.807, 2.05) is 6.92 Å². The molecule has 1 saturated carbocycles. The van der Waals surface area contributed by atoms with Gasteiger partial charge in [0.25, 0.3) is 5.91 Å². The van der Waals surface area contributed by atoms with Crippen molar-refractivity contribution in [2.45, 2.75) is 65.7 Å². The zero-order valence-corrected chi connectivity index (χ0v) is 16.7. The van der Waals surface area contributed by atoms with Crippen molar-refractivity contribution in [2.75, 3.05) is 5.32 Å². The number of amides is 1. The molecule has 1 fully saturated rings. The number of nitrogens with zero attached hydrogens (tertiary/aromatic N) is 4. The number of hydrogen-bond donors (Lipinski definition) is 2. The van der Waals surface area contributed by atoms with Gasteiger partial charge in [-0.2, -0.15) is 18.3 Å². The van der Waals surface area contributed by atoms with Crippen molar-refractivity contribution in [2.24, 2.45) is 7.05 Å². The van der Waals surface area contributed by atoms with E-state index in [2.05, 4.69) is 20.7 Å². The molecule has 32 heavy (non-hydrogen) atoms. The Balaban J connectivity index is 0.00000181. The number of halogens is 3. The standard InChI is InChI=1S/C20H23F3N6O.2CH4/c1-12-15(10-24-28(12)2)19(30)26-14-8-6-13(7-9-14)25-17-4-3-5-18-27-16(11-29(17)18)20(21,22)23;;/h3-5,10-11,13-14,25H,6-9H2,1-2H3,(H,26,30);2*1H4. The second kappa shape index (κ2) is 9.62. The summed E-state index contributed by atoms with van der Waals surface area (Å²) in [6, 6.07) is 5.16. The van der Waals surface area contributed by atoms with Crippen molar-refractivity contribution in [1.29, 1.82) is 0 Å². The fraction of sp³-hybridized carbons (Fsp3) is 0.500. The summed E-state index contributed by atoms with van der Waals surface area (Å²) < 4.78 is 42.0. The van der Waals surface area contributed by atoms with Gasteiger partial charge in [-0.3, -0.25) is 13.9 Å². The maximum Gasteiger partial charge on any atom is 0.434 e. The van der Waals surface area contributed by atoms with Crippen molar-refractivity contribution in [3.8, 4) is 0 Å². The van der Waals surface area contributed by atoms with Crippen molar-refractivity contribution in [3.63, 3.8) is 0 Å². The summed E-state index contributed by atoms with van der Waals surface area (Å²) in [5.41, 5.74) is 0.730. The summed E-state index contributed by atoms with van der Waals surface area (Å²) in [4.78, 5) is 16.1. The molecule has 1 aliphatic rings. The van der Waals surface area contributed by atoms with E-state index < -0.39 is 11.9 Å². The number of hydrogen-bond acceptors (Lipinski definition) is 4. The Morgan fingerprint density at radius 1 is 1.12 bits per heavy atom. The largest absolute Gasteiger partial charge is 0.434 e. The Kier molecular flexibility index (Phi) is 7.58. The normalized spacial score (nSPS) is 18.5. The highest BCUT2D eigenvalue weighted by Crippen LogP contribution is 2.30. The number of imidazole rings is 1. The molecule has 2 N–H and O–H groups in total. The van der Waals surface area contributed by atoms with Crippen LogP contribution in [0.5, 0.6) is 0 Å². The predicted octanol–water partition coefficient (Wildman–Crippen LogP) is 4.82. The van der Waals surface area contributed by atoms with Crippen molar-refractivity contribution in [1.82, 2.24) is 24.5 Å². The van der Waals surface area contributed by atoms with Gasteiger partial charge in [0.15, 0.2) is 5.69 Å². The van der Waals surface area contributed by atoms with Crippen LogP contribution in [0, 0.1) is 6.92 Å². The first-order chi connectivity index (χ1) is 14.2. The topological polar surface area (TPSA) is 76.2 Å². The maximum absolute atomic E-state index is 13.0. The van der Waals surface area contributed by atoms with Crippen LogP contribution in [0.1, 0.15) is 62.3 Å². The lowest BCUT2D eigenvalue weighted by molar-refractivity contribution is -0.140. The first-order valence-electron chi connectivity index (χ1n) is 9.83. The number of carbonyl (C=O) groups is 1. The summed E-state index contributed by atoms with van der Waals surface area (Å²) in [5, 5.41) is 10.5. The molecular formula is C22H31F3N6O. The second-order valence-corrected chi connectivity index (χ2v) is 7.70. The summed E-state index contributed by atoms with van der Waals surface area (Å²) in [5.74, 6) is 0.453. The number of anilines is 1. The molecule has 7 nitrogen and oxygen atoms in total. The average Bonchev–Trinajstić information content (AvgIpc) is 3.28. The summed E-state index contributed by atoms with van der Waals surface area (Å²) in [7, 11) is 1.79. The number of aryl methyl sites for hydroxylation is 1. The van der Waals surface area contributed by atoms with E-state index in [0.29, 0.717) is 11.4 Å². The number of nitrogens with one attached hydrogen (secondary N) is 2. The minimum Gasteiger partial charge on any atom is -0.368 e. The first-order valence-corrected chi connectivity index (χ1v) is 9.83. The van der Waals surface area contributed by atoms with Gasteiger partial charge in [-0.1, -0.05) is 20.9 Å². The number of fused-ring (bicyclic) bond motifs is 1. The molecule has 0 radical (unpaired) electrons. The maximum atomic E-state index is 13.0. The Labute approximate surface area is 186 Å². The third-order valence-electron chi connectivity index (χ3n) is 5.68. The third-order valence-corrected chi connectivity index (χ3v) is 5.68. The van der Waals surface area contributed by atoms with E-state index in [9.17, 15) is 18.0 Å². The molecule has 0 unspecified atom stereocenters. The smallest absolute Gasteiger partial charge is 0.368 e. The highest BCUT2D eigenvalue weighted by atomic mass is 19.4. The van der Waals surface area contributed by atoms with Crippen LogP contribution < -0.4 is 10.6 Å². The van der Waals surface area contributed by atoms with Gasteiger partial charge < -0.3 is 10.6 Å². The van der Waals surface area contributed by atoms with E-state index in [0.717, 1.165) is 37.6 Å². The molecule has 0 spiro atoms. The predicted molar refractivity (Wildman–Crippen MR) is 119 cm³/mol.